The normalized spacial score (nSPS) is 11.2. The SMILES string of the molecule is CC(C)n1c(CC(=O)O)nc2cc(N)cnc21. The van der Waals surface area contributed by atoms with Crippen LogP contribution in [0.5, 0.6) is 0 Å². The summed E-state index contributed by atoms with van der Waals surface area (Å²) in [6.07, 6.45) is 1.43. The molecular weight excluding hydrogens is 220 g/mol. The number of nitrogens with zero attached hydrogens (tertiary/aromatic N) is 3. The van der Waals surface area contributed by atoms with Crippen LogP contribution in [0, 0.1) is 0 Å². The highest BCUT2D eigenvalue weighted by molar-refractivity contribution is 5.77. The van der Waals surface area contributed by atoms with Crippen molar-refractivity contribution in [1.29, 1.82) is 0 Å². The van der Waals surface area contributed by atoms with Gasteiger partial charge in [-0.15, -0.1) is 0 Å². The third-order valence-electron chi connectivity index (χ3n) is 2.45. The standard InChI is InChI=1S/C11H14N4O2/c1-6(2)15-9(4-10(16)17)14-8-3-7(12)5-13-11(8)15/h3,5-6H,4,12H2,1-2H3,(H,16,17). The molecule has 0 aliphatic heterocycles. The Balaban J connectivity index is 2.65. The molecule has 0 unspecified atom stereocenters. The second kappa shape index (κ2) is 4.04. The number of aliphatic carboxylic acids is 1. The molecule has 0 bridgehead atoms. The van der Waals surface area contributed by atoms with Crippen LogP contribution in [0.2, 0.25) is 0 Å². The largest absolute Gasteiger partial charge is 0.481 e. The van der Waals surface area contributed by atoms with Gasteiger partial charge in [-0.3, -0.25) is 4.79 Å². The van der Waals surface area contributed by atoms with Crippen molar-refractivity contribution in [2.45, 2.75) is 26.3 Å². The average Bonchev–Trinajstić information content (AvgIpc) is 2.53. The van der Waals surface area contributed by atoms with Crippen LogP contribution in [0.15, 0.2) is 12.3 Å². The summed E-state index contributed by atoms with van der Waals surface area (Å²) in [5.41, 5.74) is 7.46. The number of nitrogen functional groups attached to an aromatic ring is 1. The Morgan fingerprint density at radius 3 is 2.88 bits per heavy atom. The summed E-state index contributed by atoms with van der Waals surface area (Å²) in [6.45, 7) is 3.93. The smallest absolute Gasteiger partial charge is 0.311 e. The third-order valence-corrected chi connectivity index (χ3v) is 2.45. The molecule has 0 aromatic carbocycles. The number of hydrogen-bond acceptors (Lipinski definition) is 4. The summed E-state index contributed by atoms with van der Waals surface area (Å²) >= 11 is 0. The number of imidazole rings is 1. The van der Waals surface area contributed by atoms with E-state index in [0.29, 0.717) is 22.7 Å². The molecule has 0 fully saturated rings. The van der Waals surface area contributed by atoms with E-state index in [1.54, 1.807) is 12.3 Å². The van der Waals surface area contributed by atoms with E-state index < -0.39 is 5.97 Å². The zero-order chi connectivity index (χ0) is 12.6. The highest BCUT2D eigenvalue weighted by Crippen LogP contribution is 2.21. The molecule has 0 aliphatic rings. The third kappa shape index (κ3) is 2.06. The number of aromatic nitrogens is 3. The molecule has 0 aliphatic carbocycles. The highest BCUT2D eigenvalue weighted by Gasteiger charge is 2.16. The highest BCUT2D eigenvalue weighted by atomic mass is 16.4. The second-order valence-electron chi connectivity index (χ2n) is 4.17. The van der Waals surface area contributed by atoms with Gasteiger partial charge in [-0.2, -0.15) is 0 Å². The van der Waals surface area contributed by atoms with Gasteiger partial charge in [-0.05, 0) is 19.9 Å². The van der Waals surface area contributed by atoms with Crippen molar-refractivity contribution in [3.8, 4) is 0 Å². The number of nitrogens with two attached hydrogens (primary N) is 1. The van der Waals surface area contributed by atoms with Crippen molar-refractivity contribution in [1.82, 2.24) is 14.5 Å². The quantitative estimate of drug-likeness (QED) is 0.832. The molecule has 0 spiro atoms. The number of carbonyl (C=O) groups is 1. The van der Waals surface area contributed by atoms with E-state index in [1.165, 1.54) is 0 Å². The first-order chi connectivity index (χ1) is 7.99. The monoisotopic (exact) mass is 234 g/mol. The minimum atomic E-state index is -0.907. The van der Waals surface area contributed by atoms with Crippen molar-refractivity contribution >= 4 is 22.8 Å². The predicted octanol–water partition coefficient (Wildman–Crippen LogP) is 1.22. The number of fused-ring (bicyclic) bond motifs is 1. The van der Waals surface area contributed by atoms with Gasteiger partial charge in [0.2, 0.25) is 0 Å². The molecule has 2 aromatic heterocycles. The number of hydrogen-bond donors (Lipinski definition) is 2. The first-order valence-corrected chi connectivity index (χ1v) is 5.33. The molecule has 6 nitrogen and oxygen atoms in total. The van der Waals surface area contributed by atoms with E-state index in [1.807, 2.05) is 18.4 Å². The Kier molecular flexibility index (Phi) is 2.71. The lowest BCUT2D eigenvalue weighted by Crippen LogP contribution is -2.11. The first-order valence-electron chi connectivity index (χ1n) is 5.33. The molecule has 0 amide bonds. The summed E-state index contributed by atoms with van der Waals surface area (Å²) < 4.78 is 1.82. The van der Waals surface area contributed by atoms with Gasteiger partial charge in [0, 0.05) is 6.04 Å². The van der Waals surface area contributed by atoms with Gasteiger partial charge < -0.3 is 15.4 Å². The molecular formula is C11H14N4O2. The molecule has 0 saturated heterocycles. The van der Waals surface area contributed by atoms with E-state index in [2.05, 4.69) is 9.97 Å². The lowest BCUT2D eigenvalue weighted by Gasteiger charge is -2.10. The van der Waals surface area contributed by atoms with Crippen LogP contribution in [0.25, 0.3) is 11.2 Å². The van der Waals surface area contributed by atoms with Gasteiger partial charge in [0.25, 0.3) is 0 Å². The molecule has 3 N–H and O–H groups in total. The lowest BCUT2D eigenvalue weighted by atomic mass is 10.3. The minimum absolute atomic E-state index is 0.102. The Morgan fingerprint density at radius 2 is 2.29 bits per heavy atom. The van der Waals surface area contributed by atoms with Crippen LogP contribution >= 0.6 is 0 Å². The van der Waals surface area contributed by atoms with Crippen molar-refractivity contribution in [2.75, 3.05) is 5.73 Å². The number of pyridine rings is 1. The molecule has 0 saturated carbocycles. The Hall–Kier alpha value is -2.11. The predicted molar refractivity (Wildman–Crippen MR) is 63.7 cm³/mol. The zero-order valence-corrected chi connectivity index (χ0v) is 9.71. The number of carboxylic acid groups (broad SMARTS) is 1. The maximum Gasteiger partial charge on any atom is 0.311 e. The van der Waals surface area contributed by atoms with Gasteiger partial charge in [0.1, 0.15) is 17.8 Å². The summed E-state index contributed by atoms with van der Waals surface area (Å²) in [7, 11) is 0. The van der Waals surface area contributed by atoms with E-state index >= 15 is 0 Å². The van der Waals surface area contributed by atoms with E-state index in [0.717, 1.165) is 0 Å². The second-order valence-corrected chi connectivity index (χ2v) is 4.17. The number of carboxylic acids is 1. The number of anilines is 1. The molecule has 17 heavy (non-hydrogen) atoms. The maximum atomic E-state index is 10.8. The molecule has 90 valence electrons. The van der Waals surface area contributed by atoms with Crippen LogP contribution < -0.4 is 5.73 Å². The van der Waals surface area contributed by atoms with Crippen molar-refractivity contribution in [3.05, 3.63) is 18.1 Å². The summed E-state index contributed by atoms with van der Waals surface area (Å²) in [5.74, 6) is -0.407. The van der Waals surface area contributed by atoms with Crippen LogP contribution in [0.3, 0.4) is 0 Å². The van der Waals surface area contributed by atoms with Crippen molar-refractivity contribution in [2.24, 2.45) is 0 Å². The fourth-order valence-electron chi connectivity index (χ4n) is 1.85. The molecule has 2 heterocycles. The van der Waals surface area contributed by atoms with Gasteiger partial charge in [0.05, 0.1) is 11.9 Å². The Labute approximate surface area is 98.1 Å². The fourth-order valence-corrected chi connectivity index (χ4v) is 1.85. The lowest BCUT2D eigenvalue weighted by molar-refractivity contribution is -0.136. The van der Waals surface area contributed by atoms with Gasteiger partial charge in [-0.25, -0.2) is 9.97 Å². The topological polar surface area (TPSA) is 94.0 Å². The fraction of sp³-hybridized carbons (Fsp3) is 0.364. The van der Waals surface area contributed by atoms with E-state index in [9.17, 15) is 4.79 Å². The Morgan fingerprint density at radius 1 is 1.59 bits per heavy atom. The minimum Gasteiger partial charge on any atom is -0.481 e. The summed E-state index contributed by atoms with van der Waals surface area (Å²) in [6, 6.07) is 1.80. The first kappa shape index (κ1) is 11.4. The van der Waals surface area contributed by atoms with Crippen molar-refractivity contribution in [3.63, 3.8) is 0 Å². The Bertz CT molecular complexity index is 574. The zero-order valence-electron chi connectivity index (χ0n) is 9.71. The van der Waals surface area contributed by atoms with Crippen LogP contribution in [0.1, 0.15) is 25.7 Å². The molecule has 2 aromatic rings. The van der Waals surface area contributed by atoms with E-state index in [4.69, 9.17) is 10.8 Å². The summed E-state index contributed by atoms with van der Waals surface area (Å²) in [5, 5.41) is 8.85. The van der Waals surface area contributed by atoms with Crippen LogP contribution in [-0.4, -0.2) is 25.6 Å². The molecule has 6 heteroatoms. The molecule has 0 radical (unpaired) electrons. The number of rotatable bonds is 3. The molecule has 2 rings (SSSR count). The maximum absolute atomic E-state index is 10.8. The van der Waals surface area contributed by atoms with Gasteiger partial charge in [-0.1, -0.05) is 0 Å². The van der Waals surface area contributed by atoms with Crippen molar-refractivity contribution < 1.29 is 9.90 Å². The van der Waals surface area contributed by atoms with E-state index in [-0.39, 0.29) is 12.5 Å². The molecule has 0 atom stereocenters. The van der Waals surface area contributed by atoms with Crippen LogP contribution in [-0.2, 0) is 11.2 Å². The van der Waals surface area contributed by atoms with Gasteiger partial charge in [0.15, 0.2) is 5.65 Å². The average molecular weight is 234 g/mol. The summed E-state index contributed by atoms with van der Waals surface area (Å²) in [4.78, 5) is 19.3. The van der Waals surface area contributed by atoms with Crippen LogP contribution in [0.4, 0.5) is 5.69 Å². The van der Waals surface area contributed by atoms with Gasteiger partial charge >= 0.3 is 5.97 Å².